The van der Waals surface area contributed by atoms with Gasteiger partial charge in [0.15, 0.2) is 5.76 Å². The lowest BCUT2D eigenvalue weighted by Gasteiger charge is -2.01. The molecule has 0 amide bonds. The average molecular weight is 415 g/mol. The summed E-state index contributed by atoms with van der Waals surface area (Å²) in [4.78, 5) is 7.42. The number of methoxy groups -OCH3 is 1. The summed E-state index contributed by atoms with van der Waals surface area (Å²) in [5.41, 5.74) is 1.46. The summed E-state index contributed by atoms with van der Waals surface area (Å²) < 4.78 is 43.7. The SMILES string of the molecule is COc1ccc2nc(CNS(=O)(=O)c3ccc(-c4nnc(C5CC5)o4)o3)[nH]c2c1. The molecule has 1 aliphatic carbocycles. The Morgan fingerprint density at radius 3 is 2.86 bits per heavy atom. The van der Waals surface area contributed by atoms with Gasteiger partial charge in [0.05, 0.1) is 24.7 Å². The molecule has 5 rings (SSSR count). The molecule has 11 heteroatoms. The summed E-state index contributed by atoms with van der Waals surface area (Å²) in [7, 11) is -2.31. The summed E-state index contributed by atoms with van der Waals surface area (Å²) >= 11 is 0. The monoisotopic (exact) mass is 415 g/mol. The molecule has 10 nitrogen and oxygen atoms in total. The van der Waals surface area contributed by atoms with Crippen LogP contribution in [-0.4, -0.2) is 35.7 Å². The Morgan fingerprint density at radius 2 is 2.07 bits per heavy atom. The third-order valence-electron chi connectivity index (χ3n) is 4.59. The molecule has 2 N–H and O–H groups in total. The van der Waals surface area contributed by atoms with E-state index in [2.05, 4.69) is 24.9 Å². The Balaban J connectivity index is 1.31. The normalized spacial score (nSPS) is 14.5. The van der Waals surface area contributed by atoms with Crippen LogP contribution in [0.2, 0.25) is 0 Å². The molecule has 0 unspecified atom stereocenters. The number of nitrogens with zero attached hydrogens (tertiary/aromatic N) is 3. The Morgan fingerprint density at radius 1 is 1.21 bits per heavy atom. The minimum absolute atomic E-state index is 0.0260. The highest BCUT2D eigenvalue weighted by molar-refractivity contribution is 7.89. The van der Waals surface area contributed by atoms with Crippen LogP contribution in [0, 0.1) is 0 Å². The van der Waals surface area contributed by atoms with Crippen molar-refractivity contribution in [3.8, 4) is 17.4 Å². The molecule has 0 aliphatic heterocycles. The zero-order valence-corrected chi connectivity index (χ0v) is 16.2. The highest BCUT2D eigenvalue weighted by Gasteiger charge is 2.30. The van der Waals surface area contributed by atoms with E-state index in [0.717, 1.165) is 18.4 Å². The lowest BCUT2D eigenvalue weighted by atomic mass is 10.3. The van der Waals surface area contributed by atoms with Gasteiger partial charge >= 0.3 is 0 Å². The third kappa shape index (κ3) is 3.49. The van der Waals surface area contributed by atoms with Crippen molar-refractivity contribution in [2.45, 2.75) is 30.4 Å². The van der Waals surface area contributed by atoms with Crippen molar-refractivity contribution in [2.75, 3.05) is 7.11 Å². The van der Waals surface area contributed by atoms with E-state index < -0.39 is 10.0 Å². The van der Waals surface area contributed by atoms with Gasteiger partial charge in [-0.25, -0.2) is 18.1 Å². The number of sulfonamides is 1. The van der Waals surface area contributed by atoms with Gasteiger partial charge in [0.1, 0.15) is 11.6 Å². The van der Waals surface area contributed by atoms with E-state index in [-0.39, 0.29) is 23.3 Å². The predicted molar refractivity (Wildman–Crippen MR) is 101 cm³/mol. The molecular formula is C18H17N5O5S. The maximum Gasteiger partial charge on any atom is 0.283 e. The molecule has 3 heterocycles. The zero-order valence-electron chi connectivity index (χ0n) is 15.4. The molecule has 1 aromatic carbocycles. The second-order valence-electron chi connectivity index (χ2n) is 6.73. The summed E-state index contributed by atoms with van der Waals surface area (Å²) in [6, 6.07) is 8.21. The number of fused-ring (bicyclic) bond motifs is 1. The molecule has 0 saturated heterocycles. The second-order valence-corrected chi connectivity index (χ2v) is 8.43. The molecule has 0 atom stereocenters. The van der Waals surface area contributed by atoms with Crippen molar-refractivity contribution in [1.82, 2.24) is 24.9 Å². The molecule has 3 aromatic heterocycles. The molecular weight excluding hydrogens is 398 g/mol. The highest BCUT2D eigenvalue weighted by Crippen LogP contribution is 2.40. The van der Waals surface area contributed by atoms with Gasteiger partial charge < -0.3 is 18.6 Å². The van der Waals surface area contributed by atoms with E-state index in [9.17, 15) is 8.42 Å². The smallest absolute Gasteiger partial charge is 0.283 e. The molecule has 0 spiro atoms. The zero-order chi connectivity index (χ0) is 20.0. The van der Waals surface area contributed by atoms with E-state index in [0.29, 0.717) is 28.9 Å². The molecule has 4 aromatic rings. The molecule has 1 fully saturated rings. The van der Waals surface area contributed by atoms with Crippen molar-refractivity contribution in [3.63, 3.8) is 0 Å². The van der Waals surface area contributed by atoms with Crippen LogP contribution in [-0.2, 0) is 16.6 Å². The van der Waals surface area contributed by atoms with Crippen LogP contribution in [0.5, 0.6) is 5.75 Å². The molecule has 150 valence electrons. The lowest BCUT2D eigenvalue weighted by Crippen LogP contribution is -2.23. The number of furan rings is 1. The topological polar surface area (TPSA) is 136 Å². The largest absolute Gasteiger partial charge is 0.497 e. The van der Waals surface area contributed by atoms with Crippen LogP contribution < -0.4 is 9.46 Å². The maximum atomic E-state index is 12.6. The molecule has 1 aliphatic rings. The van der Waals surface area contributed by atoms with Crippen molar-refractivity contribution in [3.05, 3.63) is 42.0 Å². The van der Waals surface area contributed by atoms with Crippen molar-refractivity contribution in [2.24, 2.45) is 0 Å². The van der Waals surface area contributed by atoms with Crippen LogP contribution in [0.15, 0.2) is 44.3 Å². The number of aromatic amines is 1. The Kier molecular flexibility index (Phi) is 4.14. The molecule has 0 radical (unpaired) electrons. The van der Waals surface area contributed by atoms with E-state index in [4.69, 9.17) is 13.6 Å². The average Bonchev–Trinajstić information content (AvgIpc) is 3.14. The standard InChI is InChI=1S/C18H17N5O5S/c1-26-11-4-5-12-13(8-11)21-15(20-12)9-19-29(24,25)16-7-6-14(27-16)18-23-22-17(28-18)10-2-3-10/h4-8,10,19H,2-3,9H2,1H3,(H,20,21). The van der Waals surface area contributed by atoms with Crippen LogP contribution in [0.4, 0.5) is 0 Å². The number of benzene rings is 1. The van der Waals surface area contributed by atoms with Gasteiger partial charge in [-0.3, -0.25) is 0 Å². The Hall–Kier alpha value is -3.18. The summed E-state index contributed by atoms with van der Waals surface area (Å²) in [6.45, 7) is -0.0260. The fourth-order valence-electron chi connectivity index (χ4n) is 2.90. The number of H-pyrrole nitrogens is 1. The van der Waals surface area contributed by atoms with Gasteiger partial charge in [-0.15, -0.1) is 10.2 Å². The number of nitrogens with one attached hydrogen (secondary N) is 2. The lowest BCUT2D eigenvalue weighted by molar-refractivity contribution is 0.415. The van der Waals surface area contributed by atoms with Crippen LogP contribution >= 0.6 is 0 Å². The summed E-state index contributed by atoms with van der Waals surface area (Å²) in [6.07, 6.45) is 2.05. The van der Waals surface area contributed by atoms with Crippen LogP contribution in [0.1, 0.15) is 30.5 Å². The van der Waals surface area contributed by atoms with Crippen molar-refractivity contribution in [1.29, 1.82) is 0 Å². The van der Waals surface area contributed by atoms with E-state index in [1.54, 1.807) is 25.3 Å². The number of rotatable bonds is 7. The molecule has 29 heavy (non-hydrogen) atoms. The highest BCUT2D eigenvalue weighted by atomic mass is 32.2. The van der Waals surface area contributed by atoms with Gasteiger partial charge in [-0.1, -0.05) is 0 Å². The first-order valence-electron chi connectivity index (χ1n) is 8.98. The first kappa shape index (κ1) is 17.9. The molecule has 0 bridgehead atoms. The summed E-state index contributed by atoms with van der Waals surface area (Å²) in [5.74, 6) is 2.39. The first-order chi connectivity index (χ1) is 14.0. The van der Waals surface area contributed by atoms with Gasteiger partial charge in [-0.05, 0) is 37.1 Å². The van der Waals surface area contributed by atoms with Gasteiger partial charge in [-0.2, -0.15) is 0 Å². The minimum Gasteiger partial charge on any atom is -0.497 e. The number of aromatic nitrogens is 4. The number of ether oxygens (including phenoxy) is 1. The third-order valence-corrected chi connectivity index (χ3v) is 5.87. The van der Waals surface area contributed by atoms with Gasteiger partial charge in [0.2, 0.25) is 11.0 Å². The number of hydrogen-bond donors (Lipinski definition) is 2. The van der Waals surface area contributed by atoms with Crippen LogP contribution in [0.25, 0.3) is 22.7 Å². The number of hydrogen-bond acceptors (Lipinski definition) is 8. The van der Waals surface area contributed by atoms with Crippen molar-refractivity contribution >= 4 is 21.1 Å². The number of imidazole rings is 1. The van der Waals surface area contributed by atoms with E-state index in [1.807, 2.05) is 0 Å². The van der Waals surface area contributed by atoms with E-state index in [1.165, 1.54) is 12.1 Å². The van der Waals surface area contributed by atoms with E-state index >= 15 is 0 Å². The first-order valence-corrected chi connectivity index (χ1v) is 10.5. The van der Waals surface area contributed by atoms with Crippen LogP contribution in [0.3, 0.4) is 0 Å². The second kappa shape index (κ2) is 6.71. The fraction of sp³-hybridized carbons (Fsp3) is 0.278. The Bertz CT molecular complexity index is 1280. The molecule has 1 saturated carbocycles. The quantitative estimate of drug-likeness (QED) is 0.470. The maximum absolute atomic E-state index is 12.6. The van der Waals surface area contributed by atoms with Gasteiger partial charge in [0.25, 0.3) is 15.9 Å². The Labute approximate surface area is 165 Å². The predicted octanol–water partition coefficient (Wildman–Crippen LogP) is 2.57. The van der Waals surface area contributed by atoms with Gasteiger partial charge in [0, 0.05) is 12.0 Å². The van der Waals surface area contributed by atoms with Crippen molar-refractivity contribution < 1.29 is 22.0 Å². The summed E-state index contributed by atoms with van der Waals surface area (Å²) in [5, 5.41) is 7.66. The minimum atomic E-state index is -3.88. The fourth-order valence-corrected chi connectivity index (χ4v) is 3.81.